The third kappa shape index (κ3) is 2.92. The Labute approximate surface area is 140 Å². The highest BCUT2D eigenvalue weighted by molar-refractivity contribution is 5.91. The minimum atomic E-state index is -0.297. The maximum absolute atomic E-state index is 13.7. The van der Waals surface area contributed by atoms with Crippen LogP contribution < -0.4 is 9.64 Å². The summed E-state index contributed by atoms with van der Waals surface area (Å²) in [5.74, 6) is 0.0494. The smallest absolute Gasteiger partial charge is 0.165 e. The summed E-state index contributed by atoms with van der Waals surface area (Å²) < 4.78 is 19.6. The number of hydrogen-bond acceptors (Lipinski definition) is 3. The van der Waals surface area contributed by atoms with Crippen LogP contribution in [0.3, 0.4) is 0 Å². The average Bonchev–Trinajstić information content (AvgIpc) is 2.64. The normalized spacial score (nSPS) is 15.6. The molecule has 0 spiro atoms. The number of ether oxygens (including phenoxy) is 1. The van der Waals surface area contributed by atoms with E-state index in [2.05, 4.69) is 22.1 Å². The molecular weight excluding hydrogens is 303 g/mol. The zero-order valence-corrected chi connectivity index (χ0v) is 13.3. The van der Waals surface area contributed by atoms with Gasteiger partial charge in [0.25, 0.3) is 0 Å². The van der Waals surface area contributed by atoms with E-state index in [9.17, 15) is 4.39 Å². The van der Waals surface area contributed by atoms with E-state index in [1.54, 1.807) is 18.2 Å². The Morgan fingerprint density at radius 1 is 1.04 bits per heavy atom. The van der Waals surface area contributed by atoms with Crippen LogP contribution in [-0.2, 0) is 0 Å². The number of benzene rings is 2. The molecule has 2 heterocycles. The Morgan fingerprint density at radius 2 is 1.79 bits per heavy atom. The van der Waals surface area contributed by atoms with Gasteiger partial charge in [0, 0.05) is 37.0 Å². The molecule has 3 aromatic rings. The summed E-state index contributed by atoms with van der Waals surface area (Å²) in [4.78, 5) is 6.63. The van der Waals surface area contributed by atoms with Crippen molar-refractivity contribution in [3.63, 3.8) is 0 Å². The second kappa shape index (κ2) is 6.48. The molecule has 3 nitrogen and oxygen atoms in total. The first kappa shape index (κ1) is 14.9. The van der Waals surface area contributed by atoms with Crippen molar-refractivity contribution in [2.24, 2.45) is 0 Å². The zero-order valence-electron chi connectivity index (χ0n) is 13.3. The molecule has 0 bridgehead atoms. The van der Waals surface area contributed by atoms with Crippen LogP contribution in [0, 0.1) is 12.0 Å². The highest BCUT2D eigenvalue weighted by Gasteiger charge is 2.22. The quantitative estimate of drug-likeness (QED) is 0.722. The van der Waals surface area contributed by atoms with Crippen LogP contribution in [0.5, 0.6) is 5.75 Å². The number of aromatic nitrogens is 1. The van der Waals surface area contributed by atoms with Crippen molar-refractivity contribution in [2.45, 2.75) is 18.9 Å². The maximum atomic E-state index is 13.7. The molecular formula is C20H18FN2O. The van der Waals surface area contributed by atoms with Crippen LogP contribution in [0.25, 0.3) is 10.9 Å². The molecule has 0 saturated carbocycles. The second-order valence-electron chi connectivity index (χ2n) is 6.02. The molecule has 1 aromatic heterocycles. The predicted octanol–water partition coefficient (Wildman–Crippen LogP) is 4.22. The highest BCUT2D eigenvalue weighted by Crippen LogP contribution is 2.29. The van der Waals surface area contributed by atoms with Gasteiger partial charge < -0.3 is 9.64 Å². The van der Waals surface area contributed by atoms with Gasteiger partial charge in [-0.25, -0.2) is 9.37 Å². The SMILES string of the molecule is Fc1ccccc1OC1CCN(c2c[c]nc3ccccc23)CC1. The minimum Gasteiger partial charge on any atom is -0.487 e. The van der Waals surface area contributed by atoms with Gasteiger partial charge in [-0.3, -0.25) is 0 Å². The molecule has 0 unspecified atom stereocenters. The fraction of sp³-hybridized carbons (Fsp3) is 0.250. The molecule has 1 aliphatic heterocycles. The Kier molecular flexibility index (Phi) is 4.03. The Hall–Kier alpha value is -2.62. The van der Waals surface area contributed by atoms with Crippen molar-refractivity contribution < 1.29 is 9.13 Å². The van der Waals surface area contributed by atoms with Crippen molar-refractivity contribution in [2.75, 3.05) is 18.0 Å². The first-order chi connectivity index (χ1) is 11.8. The van der Waals surface area contributed by atoms with Gasteiger partial charge in [0.1, 0.15) is 6.10 Å². The van der Waals surface area contributed by atoms with E-state index in [0.29, 0.717) is 5.75 Å². The summed E-state index contributed by atoms with van der Waals surface area (Å²) in [6, 6.07) is 16.7. The highest BCUT2D eigenvalue weighted by atomic mass is 19.1. The van der Waals surface area contributed by atoms with Crippen molar-refractivity contribution in [3.8, 4) is 5.75 Å². The lowest BCUT2D eigenvalue weighted by Gasteiger charge is -2.34. The number of piperidine rings is 1. The minimum absolute atomic E-state index is 0.0511. The lowest BCUT2D eigenvalue weighted by Crippen LogP contribution is -2.38. The number of halogens is 1. The Morgan fingerprint density at radius 3 is 2.62 bits per heavy atom. The van der Waals surface area contributed by atoms with Crippen molar-refractivity contribution in [3.05, 3.63) is 66.6 Å². The lowest BCUT2D eigenvalue weighted by molar-refractivity contribution is 0.164. The number of fused-ring (bicyclic) bond motifs is 1. The van der Waals surface area contributed by atoms with Gasteiger partial charge in [-0.15, -0.1) is 0 Å². The first-order valence-electron chi connectivity index (χ1n) is 8.23. The molecule has 1 saturated heterocycles. The van der Waals surface area contributed by atoms with E-state index in [0.717, 1.165) is 42.5 Å². The molecule has 4 rings (SSSR count). The molecule has 24 heavy (non-hydrogen) atoms. The molecule has 4 heteroatoms. The Balaban J connectivity index is 1.47. The van der Waals surface area contributed by atoms with Gasteiger partial charge in [0.2, 0.25) is 0 Å². The summed E-state index contributed by atoms with van der Waals surface area (Å²) in [5.41, 5.74) is 2.12. The molecule has 0 amide bonds. The van der Waals surface area contributed by atoms with E-state index >= 15 is 0 Å². The number of anilines is 1. The second-order valence-corrected chi connectivity index (χ2v) is 6.02. The monoisotopic (exact) mass is 321 g/mol. The third-order valence-electron chi connectivity index (χ3n) is 4.48. The van der Waals surface area contributed by atoms with Gasteiger partial charge in [0.15, 0.2) is 11.6 Å². The molecule has 1 aliphatic rings. The van der Waals surface area contributed by atoms with Crippen LogP contribution >= 0.6 is 0 Å². The standard InChI is InChI=1S/C20H18FN2O/c21-17-6-2-4-8-20(17)24-15-10-13-23(14-11-15)19-9-12-22-18-7-3-1-5-16(18)19/h1-9,15H,10-11,13-14H2. The molecule has 1 fully saturated rings. The molecule has 121 valence electrons. The largest absolute Gasteiger partial charge is 0.487 e. The van der Waals surface area contributed by atoms with Crippen LogP contribution in [0.2, 0.25) is 0 Å². The van der Waals surface area contributed by atoms with Crippen molar-refractivity contribution >= 4 is 16.6 Å². The summed E-state index contributed by atoms with van der Waals surface area (Å²) in [7, 11) is 0. The van der Waals surface area contributed by atoms with E-state index < -0.39 is 0 Å². The van der Waals surface area contributed by atoms with Gasteiger partial charge in [-0.2, -0.15) is 0 Å². The molecule has 0 aliphatic carbocycles. The number of nitrogens with zero attached hydrogens (tertiary/aromatic N) is 2. The average molecular weight is 321 g/mol. The summed E-state index contributed by atoms with van der Waals surface area (Å²) >= 11 is 0. The summed E-state index contributed by atoms with van der Waals surface area (Å²) in [5, 5.41) is 1.14. The molecule has 1 radical (unpaired) electrons. The lowest BCUT2D eigenvalue weighted by atomic mass is 10.1. The predicted molar refractivity (Wildman–Crippen MR) is 92.8 cm³/mol. The number of hydrogen-bond donors (Lipinski definition) is 0. The number of pyridine rings is 1. The summed E-state index contributed by atoms with van der Waals surface area (Å²) in [6.07, 6.45) is 4.77. The Bertz CT molecular complexity index is 838. The fourth-order valence-electron chi connectivity index (χ4n) is 3.22. The molecule has 2 aromatic carbocycles. The van der Waals surface area contributed by atoms with E-state index in [4.69, 9.17) is 4.74 Å². The van der Waals surface area contributed by atoms with Gasteiger partial charge in [0.05, 0.1) is 11.7 Å². The van der Waals surface area contributed by atoms with Crippen LogP contribution in [0.1, 0.15) is 12.8 Å². The molecule has 0 N–H and O–H groups in total. The van der Waals surface area contributed by atoms with Gasteiger partial charge in [-0.1, -0.05) is 30.3 Å². The summed E-state index contributed by atoms with van der Waals surface area (Å²) in [6.45, 7) is 1.75. The van der Waals surface area contributed by atoms with Crippen LogP contribution in [-0.4, -0.2) is 24.2 Å². The third-order valence-corrected chi connectivity index (χ3v) is 4.48. The first-order valence-corrected chi connectivity index (χ1v) is 8.23. The van der Waals surface area contributed by atoms with Crippen molar-refractivity contribution in [1.29, 1.82) is 0 Å². The van der Waals surface area contributed by atoms with Crippen molar-refractivity contribution in [1.82, 2.24) is 4.98 Å². The van der Waals surface area contributed by atoms with E-state index in [1.165, 1.54) is 6.07 Å². The topological polar surface area (TPSA) is 25.4 Å². The fourth-order valence-corrected chi connectivity index (χ4v) is 3.22. The zero-order chi connectivity index (χ0) is 16.4. The molecule has 0 atom stereocenters. The van der Waals surface area contributed by atoms with Gasteiger partial charge >= 0.3 is 0 Å². The van der Waals surface area contributed by atoms with Crippen LogP contribution in [0.4, 0.5) is 10.1 Å². The number of para-hydroxylation sites is 2. The van der Waals surface area contributed by atoms with E-state index in [-0.39, 0.29) is 11.9 Å². The van der Waals surface area contributed by atoms with E-state index in [1.807, 2.05) is 24.3 Å². The van der Waals surface area contributed by atoms with Gasteiger partial charge in [-0.05, 0) is 24.3 Å². The van der Waals surface area contributed by atoms with Crippen LogP contribution in [0.15, 0.2) is 54.6 Å². The maximum Gasteiger partial charge on any atom is 0.165 e. The number of rotatable bonds is 3.